The molecule has 1 aromatic carbocycles. The number of nitrogen functional groups attached to an aromatic ring is 1. The van der Waals surface area contributed by atoms with E-state index in [1.807, 2.05) is 0 Å². The third-order valence-corrected chi connectivity index (χ3v) is 3.64. The van der Waals surface area contributed by atoms with Crippen LogP contribution in [0, 0.1) is 0 Å². The van der Waals surface area contributed by atoms with Gasteiger partial charge in [-0.25, -0.2) is 8.78 Å². The maximum Gasteiger partial charge on any atom is 0.299 e. The monoisotopic (exact) mass is 283 g/mol. The van der Waals surface area contributed by atoms with Crippen LogP contribution in [0.1, 0.15) is 12.0 Å². The molecule has 1 unspecified atom stereocenters. The molecule has 4 N–H and O–H groups in total. The fraction of sp³-hybridized carbons (Fsp3) is 0.462. The zero-order valence-electron chi connectivity index (χ0n) is 10.7. The lowest BCUT2D eigenvalue weighted by Crippen LogP contribution is -2.49. The lowest BCUT2D eigenvalue weighted by Gasteiger charge is -2.40. The van der Waals surface area contributed by atoms with Crippen molar-refractivity contribution in [3.8, 4) is 5.75 Å². The number of halogens is 2. The van der Waals surface area contributed by atoms with Gasteiger partial charge in [-0.1, -0.05) is 0 Å². The standard InChI is InChI=1S/C13H15F2N3O2/c14-13(15)7-19-6-11(17)18-12(13)3-4-20-10-2-1-8(16)5-9(10)12/h1-2,5H,3-4,6-7,16H2,(H2,17,18). The number of rotatable bonds is 0. The second-order valence-corrected chi connectivity index (χ2v) is 5.01. The van der Waals surface area contributed by atoms with E-state index in [-0.39, 0.29) is 31.0 Å². The molecule has 0 saturated heterocycles. The van der Waals surface area contributed by atoms with Crippen LogP contribution in [0.5, 0.6) is 5.75 Å². The molecule has 1 aromatic rings. The molecule has 0 aliphatic carbocycles. The number of benzene rings is 1. The number of amidine groups is 1. The molecule has 0 radical (unpaired) electrons. The number of fused-ring (bicyclic) bond motifs is 2. The molecule has 1 atom stereocenters. The van der Waals surface area contributed by atoms with Gasteiger partial charge >= 0.3 is 0 Å². The maximum absolute atomic E-state index is 14.6. The van der Waals surface area contributed by atoms with E-state index < -0.39 is 18.1 Å². The van der Waals surface area contributed by atoms with Crippen LogP contribution in [0.4, 0.5) is 14.5 Å². The molecule has 0 fully saturated rings. The number of aliphatic imine (C=N–C) groups is 1. The summed E-state index contributed by atoms with van der Waals surface area (Å²) in [5, 5.41) is 0. The molecule has 20 heavy (non-hydrogen) atoms. The van der Waals surface area contributed by atoms with Crippen molar-refractivity contribution in [2.75, 3.05) is 25.6 Å². The Kier molecular flexibility index (Phi) is 2.82. The number of hydrogen-bond donors (Lipinski definition) is 2. The van der Waals surface area contributed by atoms with E-state index in [2.05, 4.69) is 4.99 Å². The Balaban J connectivity index is 2.25. The Morgan fingerprint density at radius 1 is 1.25 bits per heavy atom. The van der Waals surface area contributed by atoms with Crippen molar-refractivity contribution in [2.45, 2.75) is 17.9 Å². The van der Waals surface area contributed by atoms with Gasteiger partial charge in [0.1, 0.15) is 24.8 Å². The summed E-state index contributed by atoms with van der Waals surface area (Å²) in [6.45, 7) is -0.690. The predicted octanol–water partition coefficient (Wildman–Crippen LogP) is 1.27. The first-order valence-electron chi connectivity index (χ1n) is 6.27. The summed E-state index contributed by atoms with van der Waals surface area (Å²) in [4.78, 5) is 4.09. The molecule has 3 rings (SSSR count). The van der Waals surface area contributed by atoms with Gasteiger partial charge in [-0.2, -0.15) is 0 Å². The summed E-state index contributed by atoms with van der Waals surface area (Å²) in [6.07, 6.45) is 0.0283. The summed E-state index contributed by atoms with van der Waals surface area (Å²) < 4.78 is 39.6. The van der Waals surface area contributed by atoms with Gasteiger partial charge in [0.05, 0.1) is 6.61 Å². The summed E-state index contributed by atoms with van der Waals surface area (Å²) in [5.74, 6) is -2.76. The molecule has 0 aromatic heterocycles. The zero-order valence-corrected chi connectivity index (χ0v) is 10.7. The van der Waals surface area contributed by atoms with Crippen LogP contribution in [0.15, 0.2) is 23.2 Å². The first-order chi connectivity index (χ1) is 9.45. The molecule has 0 amide bonds. The highest BCUT2D eigenvalue weighted by atomic mass is 19.3. The van der Waals surface area contributed by atoms with Crippen LogP contribution >= 0.6 is 0 Å². The van der Waals surface area contributed by atoms with Gasteiger partial charge in [-0.05, 0) is 18.2 Å². The highest BCUT2D eigenvalue weighted by Gasteiger charge is 2.58. The van der Waals surface area contributed by atoms with Crippen LogP contribution < -0.4 is 16.2 Å². The van der Waals surface area contributed by atoms with Crippen molar-refractivity contribution in [3.63, 3.8) is 0 Å². The second kappa shape index (κ2) is 4.31. The molecule has 0 saturated carbocycles. The van der Waals surface area contributed by atoms with Crippen molar-refractivity contribution >= 4 is 11.5 Å². The Labute approximate surface area is 114 Å². The number of hydrogen-bond acceptors (Lipinski definition) is 5. The molecule has 2 aliphatic rings. The molecule has 108 valence electrons. The molecule has 7 heteroatoms. The molecule has 2 heterocycles. The maximum atomic E-state index is 14.6. The van der Waals surface area contributed by atoms with E-state index in [1.54, 1.807) is 12.1 Å². The topological polar surface area (TPSA) is 82.9 Å². The van der Waals surface area contributed by atoms with Crippen LogP contribution in [0.2, 0.25) is 0 Å². The fourth-order valence-corrected chi connectivity index (χ4v) is 2.70. The minimum Gasteiger partial charge on any atom is -0.493 e. The van der Waals surface area contributed by atoms with Crippen molar-refractivity contribution in [2.24, 2.45) is 10.7 Å². The van der Waals surface area contributed by atoms with Gasteiger partial charge < -0.3 is 20.9 Å². The normalized spacial score (nSPS) is 28.2. The Bertz CT molecular complexity index is 577. The minimum absolute atomic E-state index is 0.0283. The van der Waals surface area contributed by atoms with Crippen LogP contribution in [0.25, 0.3) is 0 Å². The average Bonchev–Trinajstić information content (AvgIpc) is 2.49. The number of nitrogens with zero attached hydrogens (tertiary/aromatic N) is 1. The van der Waals surface area contributed by atoms with Gasteiger partial charge in [0, 0.05) is 17.7 Å². The first kappa shape index (κ1) is 13.1. The Morgan fingerprint density at radius 3 is 2.85 bits per heavy atom. The van der Waals surface area contributed by atoms with Crippen molar-refractivity contribution in [1.29, 1.82) is 0 Å². The summed E-state index contributed by atoms with van der Waals surface area (Å²) >= 11 is 0. The summed E-state index contributed by atoms with van der Waals surface area (Å²) in [6, 6.07) is 4.67. The summed E-state index contributed by atoms with van der Waals surface area (Å²) in [5.41, 5.74) is 10.3. The van der Waals surface area contributed by atoms with E-state index in [0.29, 0.717) is 11.4 Å². The lowest BCUT2D eigenvalue weighted by molar-refractivity contribution is -0.129. The third kappa shape index (κ3) is 1.81. The van der Waals surface area contributed by atoms with Gasteiger partial charge in [-0.3, -0.25) is 4.99 Å². The smallest absolute Gasteiger partial charge is 0.299 e. The number of alkyl halides is 2. The Morgan fingerprint density at radius 2 is 2.05 bits per heavy atom. The second-order valence-electron chi connectivity index (χ2n) is 5.01. The van der Waals surface area contributed by atoms with Crippen LogP contribution in [-0.4, -0.2) is 31.6 Å². The van der Waals surface area contributed by atoms with Crippen molar-refractivity contribution in [1.82, 2.24) is 0 Å². The third-order valence-electron chi connectivity index (χ3n) is 3.64. The van der Waals surface area contributed by atoms with E-state index in [1.165, 1.54) is 6.07 Å². The SMILES string of the molecule is NC1=NC2(CCOc3ccc(N)cc32)C(F)(F)COC1. The zero-order chi connectivity index (χ0) is 14.4. The number of anilines is 1. The molecular formula is C13H15F2N3O2. The molecule has 0 bridgehead atoms. The van der Waals surface area contributed by atoms with E-state index in [4.69, 9.17) is 20.9 Å². The van der Waals surface area contributed by atoms with E-state index in [0.717, 1.165) is 0 Å². The fourth-order valence-electron chi connectivity index (χ4n) is 2.70. The largest absolute Gasteiger partial charge is 0.493 e. The molecular weight excluding hydrogens is 268 g/mol. The first-order valence-corrected chi connectivity index (χ1v) is 6.27. The van der Waals surface area contributed by atoms with Gasteiger partial charge in [0.25, 0.3) is 5.92 Å². The van der Waals surface area contributed by atoms with Crippen molar-refractivity contribution in [3.05, 3.63) is 23.8 Å². The van der Waals surface area contributed by atoms with Gasteiger partial charge in [-0.15, -0.1) is 0 Å². The highest BCUT2D eigenvalue weighted by molar-refractivity contribution is 5.82. The van der Waals surface area contributed by atoms with Crippen molar-refractivity contribution < 1.29 is 18.3 Å². The van der Waals surface area contributed by atoms with Crippen LogP contribution in [-0.2, 0) is 10.3 Å². The average molecular weight is 283 g/mol. The van der Waals surface area contributed by atoms with E-state index in [9.17, 15) is 8.78 Å². The van der Waals surface area contributed by atoms with E-state index >= 15 is 0 Å². The lowest BCUT2D eigenvalue weighted by atomic mass is 9.79. The molecule has 5 nitrogen and oxygen atoms in total. The molecule has 2 aliphatic heterocycles. The van der Waals surface area contributed by atoms with Gasteiger partial charge in [0.2, 0.25) is 0 Å². The predicted molar refractivity (Wildman–Crippen MR) is 70.0 cm³/mol. The minimum atomic E-state index is -3.18. The van der Waals surface area contributed by atoms with Gasteiger partial charge in [0.15, 0.2) is 5.54 Å². The summed E-state index contributed by atoms with van der Waals surface area (Å²) in [7, 11) is 0. The number of nitrogens with two attached hydrogens (primary N) is 2. The molecule has 1 spiro atoms. The number of ether oxygens (including phenoxy) is 2. The quantitative estimate of drug-likeness (QED) is 0.702. The Hall–Kier alpha value is -1.89. The highest BCUT2D eigenvalue weighted by Crippen LogP contribution is 2.51. The van der Waals surface area contributed by atoms with Crippen LogP contribution in [0.3, 0.4) is 0 Å².